The van der Waals surface area contributed by atoms with Gasteiger partial charge in [-0.15, -0.1) is 0 Å². The van der Waals surface area contributed by atoms with Crippen LogP contribution < -0.4 is 9.62 Å². The van der Waals surface area contributed by atoms with Gasteiger partial charge < -0.3 is 10.2 Å². The maximum Gasteiger partial charge on any atom is 0.242 e. The standard InChI is InChI=1S/C26H36FN3O4S/c1-19(2)17-28-26(32)21(4)29(18-22-9-6-7-10-24(22)27)25(31)11-8-16-30(35(5,33)34)23-14-12-20(3)13-15-23/h6-7,9-10,12-15,19,21H,8,11,16-18H2,1-5H3,(H,28,32)/t21-/m1/s1. The van der Waals surface area contributed by atoms with Crippen LogP contribution in [0.5, 0.6) is 0 Å². The molecule has 2 aromatic rings. The lowest BCUT2D eigenvalue weighted by Crippen LogP contribution is -2.48. The van der Waals surface area contributed by atoms with Gasteiger partial charge in [0.25, 0.3) is 0 Å². The summed E-state index contributed by atoms with van der Waals surface area (Å²) in [7, 11) is -3.55. The first-order valence-electron chi connectivity index (χ1n) is 11.7. The molecule has 0 aliphatic carbocycles. The lowest BCUT2D eigenvalue weighted by atomic mass is 10.1. The Bertz CT molecular complexity index is 1100. The van der Waals surface area contributed by atoms with Crippen LogP contribution in [0.4, 0.5) is 10.1 Å². The summed E-state index contributed by atoms with van der Waals surface area (Å²) >= 11 is 0. The Morgan fingerprint density at radius 1 is 1.03 bits per heavy atom. The number of anilines is 1. The summed E-state index contributed by atoms with van der Waals surface area (Å²) in [5, 5.41) is 2.82. The highest BCUT2D eigenvalue weighted by molar-refractivity contribution is 7.92. The number of nitrogens with one attached hydrogen (secondary N) is 1. The maximum absolute atomic E-state index is 14.3. The van der Waals surface area contributed by atoms with Crippen LogP contribution in [0.1, 0.15) is 44.7 Å². The maximum atomic E-state index is 14.3. The van der Waals surface area contributed by atoms with Crippen molar-refractivity contribution in [3.63, 3.8) is 0 Å². The highest BCUT2D eigenvalue weighted by Gasteiger charge is 2.27. The number of hydrogen-bond donors (Lipinski definition) is 1. The summed E-state index contributed by atoms with van der Waals surface area (Å²) in [6.45, 7) is 7.97. The first-order chi connectivity index (χ1) is 16.4. The van der Waals surface area contributed by atoms with E-state index in [0.717, 1.165) is 11.8 Å². The Morgan fingerprint density at radius 3 is 2.23 bits per heavy atom. The predicted molar refractivity (Wildman–Crippen MR) is 137 cm³/mol. The average Bonchev–Trinajstić information content (AvgIpc) is 2.79. The fraction of sp³-hybridized carbons (Fsp3) is 0.462. The molecule has 0 unspecified atom stereocenters. The van der Waals surface area contributed by atoms with E-state index < -0.39 is 21.9 Å². The molecule has 0 aromatic heterocycles. The van der Waals surface area contributed by atoms with Gasteiger partial charge in [0, 0.05) is 31.6 Å². The smallest absolute Gasteiger partial charge is 0.242 e. The van der Waals surface area contributed by atoms with Crippen LogP contribution in [0.2, 0.25) is 0 Å². The Kier molecular flexibility index (Phi) is 10.2. The van der Waals surface area contributed by atoms with Crippen LogP contribution in [-0.2, 0) is 26.2 Å². The molecule has 0 heterocycles. The third-order valence-corrected chi connectivity index (χ3v) is 6.82. The normalized spacial score (nSPS) is 12.3. The monoisotopic (exact) mass is 505 g/mol. The second kappa shape index (κ2) is 12.7. The van der Waals surface area contributed by atoms with Gasteiger partial charge in [-0.05, 0) is 44.4 Å². The highest BCUT2D eigenvalue weighted by Crippen LogP contribution is 2.20. The Balaban J connectivity index is 2.16. The van der Waals surface area contributed by atoms with Gasteiger partial charge in [-0.25, -0.2) is 12.8 Å². The van der Waals surface area contributed by atoms with Crippen molar-refractivity contribution in [3.8, 4) is 0 Å². The van der Waals surface area contributed by atoms with E-state index in [1.165, 1.54) is 15.3 Å². The van der Waals surface area contributed by atoms with Crippen molar-refractivity contribution in [2.45, 2.75) is 53.1 Å². The highest BCUT2D eigenvalue weighted by atomic mass is 32.2. The Hall–Kier alpha value is -2.94. The topological polar surface area (TPSA) is 86.8 Å². The molecule has 7 nitrogen and oxygen atoms in total. The van der Waals surface area contributed by atoms with Crippen LogP contribution in [-0.4, -0.2) is 50.5 Å². The molecular formula is C26H36FN3O4S. The van der Waals surface area contributed by atoms with Crippen molar-refractivity contribution < 1.29 is 22.4 Å². The van der Waals surface area contributed by atoms with Gasteiger partial charge in [0.15, 0.2) is 0 Å². The molecule has 0 radical (unpaired) electrons. The summed E-state index contributed by atoms with van der Waals surface area (Å²) in [5.74, 6) is -0.882. The molecule has 35 heavy (non-hydrogen) atoms. The molecule has 9 heteroatoms. The molecule has 0 aliphatic heterocycles. The van der Waals surface area contributed by atoms with Gasteiger partial charge in [-0.2, -0.15) is 0 Å². The SMILES string of the molecule is Cc1ccc(N(CCCC(=O)N(Cc2ccccc2F)[C@H](C)C(=O)NCC(C)C)S(C)(=O)=O)cc1. The molecule has 192 valence electrons. The predicted octanol–water partition coefficient (Wildman–Crippen LogP) is 3.87. The van der Waals surface area contributed by atoms with E-state index in [-0.39, 0.29) is 43.7 Å². The zero-order chi connectivity index (χ0) is 26.2. The van der Waals surface area contributed by atoms with Crippen molar-refractivity contribution in [1.82, 2.24) is 10.2 Å². The summed E-state index contributed by atoms with van der Waals surface area (Å²) in [6, 6.07) is 12.4. The van der Waals surface area contributed by atoms with E-state index in [1.807, 2.05) is 32.9 Å². The van der Waals surface area contributed by atoms with Gasteiger partial charge in [0.2, 0.25) is 21.8 Å². The van der Waals surface area contributed by atoms with E-state index in [1.54, 1.807) is 37.3 Å². The second-order valence-electron chi connectivity index (χ2n) is 9.20. The second-order valence-corrected chi connectivity index (χ2v) is 11.1. The number of halogens is 1. The summed E-state index contributed by atoms with van der Waals surface area (Å²) < 4.78 is 40.3. The number of rotatable bonds is 12. The molecule has 2 rings (SSSR count). The first kappa shape index (κ1) is 28.3. The largest absolute Gasteiger partial charge is 0.354 e. The van der Waals surface area contributed by atoms with Crippen LogP contribution in [0.3, 0.4) is 0 Å². The summed E-state index contributed by atoms with van der Waals surface area (Å²) in [4.78, 5) is 27.3. The number of sulfonamides is 1. The molecule has 1 N–H and O–H groups in total. The van der Waals surface area contributed by atoms with Crippen LogP contribution in [0.25, 0.3) is 0 Å². The number of nitrogens with zero attached hydrogens (tertiary/aromatic N) is 2. The van der Waals surface area contributed by atoms with Crippen LogP contribution >= 0.6 is 0 Å². The molecule has 2 aromatic carbocycles. The van der Waals surface area contributed by atoms with E-state index in [0.29, 0.717) is 17.8 Å². The number of carbonyl (C=O) groups excluding carboxylic acids is 2. The minimum atomic E-state index is -3.55. The van der Waals surface area contributed by atoms with Crippen molar-refractivity contribution in [2.75, 3.05) is 23.7 Å². The molecule has 0 saturated heterocycles. The minimum Gasteiger partial charge on any atom is -0.354 e. The third kappa shape index (κ3) is 8.65. The van der Waals surface area contributed by atoms with E-state index in [4.69, 9.17) is 0 Å². The fourth-order valence-corrected chi connectivity index (χ4v) is 4.53. The molecule has 0 spiro atoms. The molecular weight excluding hydrogens is 469 g/mol. The molecule has 2 amide bonds. The zero-order valence-corrected chi connectivity index (χ0v) is 21.9. The third-order valence-electron chi connectivity index (χ3n) is 5.62. The van der Waals surface area contributed by atoms with Gasteiger partial charge in [-0.1, -0.05) is 49.7 Å². The van der Waals surface area contributed by atoms with Gasteiger partial charge in [-0.3, -0.25) is 13.9 Å². The van der Waals surface area contributed by atoms with Crippen molar-refractivity contribution in [1.29, 1.82) is 0 Å². The molecule has 0 fully saturated rings. The number of carbonyl (C=O) groups is 2. The summed E-state index contributed by atoms with van der Waals surface area (Å²) in [5.41, 5.74) is 1.84. The fourth-order valence-electron chi connectivity index (χ4n) is 3.56. The quantitative estimate of drug-likeness (QED) is 0.475. The lowest BCUT2D eigenvalue weighted by molar-refractivity contribution is -0.140. The molecule has 1 atom stereocenters. The number of amides is 2. The van der Waals surface area contributed by atoms with Crippen molar-refractivity contribution in [3.05, 3.63) is 65.5 Å². The van der Waals surface area contributed by atoms with Crippen molar-refractivity contribution >= 4 is 27.5 Å². The molecule has 0 bridgehead atoms. The number of aryl methyl sites for hydroxylation is 1. The lowest BCUT2D eigenvalue weighted by Gasteiger charge is -2.29. The number of hydrogen-bond acceptors (Lipinski definition) is 4. The Labute approximate surface area is 208 Å². The van der Waals surface area contributed by atoms with E-state index in [2.05, 4.69) is 5.32 Å². The van der Waals surface area contributed by atoms with E-state index >= 15 is 0 Å². The minimum absolute atomic E-state index is 0.00807. The van der Waals surface area contributed by atoms with Gasteiger partial charge in [0.05, 0.1) is 11.9 Å². The summed E-state index contributed by atoms with van der Waals surface area (Å²) in [6.07, 6.45) is 1.38. The molecule has 0 saturated carbocycles. The van der Waals surface area contributed by atoms with Crippen molar-refractivity contribution in [2.24, 2.45) is 5.92 Å². The van der Waals surface area contributed by atoms with Crippen LogP contribution in [0, 0.1) is 18.7 Å². The first-order valence-corrected chi connectivity index (χ1v) is 13.6. The average molecular weight is 506 g/mol. The molecule has 0 aliphatic rings. The van der Waals surface area contributed by atoms with Gasteiger partial charge >= 0.3 is 0 Å². The van der Waals surface area contributed by atoms with Crippen LogP contribution in [0.15, 0.2) is 48.5 Å². The Morgan fingerprint density at radius 2 is 1.66 bits per heavy atom. The number of benzene rings is 2. The zero-order valence-electron chi connectivity index (χ0n) is 21.1. The van der Waals surface area contributed by atoms with Gasteiger partial charge in [0.1, 0.15) is 11.9 Å². The van der Waals surface area contributed by atoms with E-state index in [9.17, 15) is 22.4 Å².